The fourth-order valence-electron chi connectivity index (χ4n) is 2.96. The van der Waals surface area contributed by atoms with E-state index in [0.717, 1.165) is 23.7 Å². The van der Waals surface area contributed by atoms with Crippen LogP contribution in [0, 0.1) is 23.7 Å². The van der Waals surface area contributed by atoms with Crippen molar-refractivity contribution in [1.82, 2.24) is 0 Å². The highest BCUT2D eigenvalue weighted by atomic mass is 14.4. The second-order valence-corrected chi connectivity index (χ2v) is 4.36. The second kappa shape index (κ2) is 2.69. The van der Waals surface area contributed by atoms with Crippen molar-refractivity contribution in [3.8, 4) is 0 Å². The summed E-state index contributed by atoms with van der Waals surface area (Å²) in [7, 11) is 1.48. The average molecular weight is 148 g/mol. The quantitative estimate of drug-likeness (QED) is 0.365. The summed E-state index contributed by atoms with van der Waals surface area (Å²) in [6.45, 7) is 4.76. The third-order valence-electron chi connectivity index (χ3n) is 3.69. The highest BCUT2D eigenvalue weighted by Gasteiger charge is 2.35. The normalized spacial score (nSPS) is 48.5. The third-order valence-corrected chi connectivity index (χ3v) is 3.69. The predicted octanol–water partition coefficient (Wildman–Crippen LogP) is 2.35. The van der Waals surface area contributed by atoms with Crippen LogP contribution in [0.15, 0.2) is 12.2 Å². The maximum Gasteiger partial charge on any atom is 0.121 e. The lowest BCUT2D eigenvalue weighted by Crippen LogP contribution is -2.23. The van der Waals surface area contributed by atoms with Crippen LogP contribution in [0.5, 0.6) is 0 Å². The summed E-state index contributed by atoms with van der Waals surface area (Å²) < 4.78 is 0. The molecule has 0 aromatic rings. The van der Waals surface area contributed by atoms with Crippen LogP contribution >= 0.6 is 0 Å². The highest BCUT2D eigenvalue weighted by Crippen LogP contribution is 2.43. The van der Waals surface area contributed by atoms with Crippen molar-refractivity contribution in [3.05, 3.63) is 12.2 Å². The zero-order valence-electron chi connectivity index (χ0n) is 7.59. The third kappa shape index (κ3) is 1.15. The van der Waals surface area contributed by atoms with Crippen LogP contribution in [-0.2, 0) is 0 Å². The average Bonchev–Trinajstić information content (AvgIpc) is 2.45. The molecule has 1 fully saturated rings. The van der Waals surface area contributed by atoms with E-state index < -0.39 is 0 Å². The summed E-state index contributed by atoms with van der Waals surface area (Å²) in [4.78, 5) is 0. The molecule has 0 amide bonds. The van der Waals surface area contributed by atoms with Crippen LogP contribution in [0.3, 0.4) is 0 Å². The van der Waals surface area contributed by atoms with Crippen molar-refractivity contribution in [2.75, 3.05) is 0 Å². The van der Waals surface area contributed by atoms with E-state index in [1.807, 2.05) is 0 Å². The van der Waals surface area contributed by atoms with Gasteiger partial charge in [0.25, 0.3) is 0 Å². The lowest BCUT2D eigenvalue weighted by molar-refractivity contribution is 0.268. The summed E-state index contributed by atoms with van der Waals surface area (Å²) in [5.74, 6) is 3.77. The fraction of sp³-hybridized carbons (Fsp3) is 0.800. The molecule has 11 heavy (non-hydrogen) atoms. The largest absolute Gasteiger partial charge is 0.121 e. The first kappa shape index (κ1) is 7.45. The number of hydrogen-bond donors (Lipinski definition) is 0. The minimum absolute atomic E-state index is 0.860. The molecule has 0 radical (unpaired) electrons. The first-order chi connectivity index (χ1) is 5.29. The summed E-state index contributed by atoms with van der Waals surface area (Å²) in [6.07, 6.45) is 7.83. The Morgan fingerprint density at radius 2 is 1.45 bits per heavy atom. The van der Waals surface area contributed by atoms with Gasteiger partial charge in [0.1, 0.15) is 7.28 Å². The molecule has 0 saturated carbocycles. The molecule has 4 unspecified atom stereocenters. The van der Waals surface area contributed by atoms with E-state index in [1.54, 1.807) is 0 Å². The van der Waals surface area contributed by atoms with Crippen LogP contribution in [0.2, 0.25) is 12.6 Å². The van der Waals surface area contributed by atoms with Crippen LogP contribution in [0.4, 0.5) is 0 Å². The molecule has 0 aromatic carbocycles. The number of allylic oxidation sites excluding steroid dienone is 2. The molecule has 2 rings (SSSR count). The molecule has 2 aliphatic rings. The van der Waals surface area contributed by atoms with E-state index in [-0.39, 0.29) is 0 Å². The van der Waals surface area contributed by atoms with Gasteiger partial charge in [0.2, 0.25) is 0 Å². The summed E-state index contributed by atoms with van der Waals surface area (Å²) in [5, 5.41) is 0. The van der Waals surface area contributed by atoms with Gasteiger partial charge >= 0.3 is 0 Å². The molecular formula is C10H17B. The van der Waals surface area contributed by atoms with Gasteiger partial charge in [0.15, 0.2) is 0 Å². The van der Waals surface area contributed by atoms with Crippen molar-refractivity contribution >= 4 is 7.28 Å². The molecule has 4 atom stereocenters. The standard InChI is InChI=1S/C10H17B/c1-7-3-4-8(2)10-6-11-5-9(7)10/h3-4,7-11H,5-6H2,1-2H3. The first-order valence-corrected chi connectivity index (χ1v) is 4.97. The Labute approximate surface area is 70.3 Å². The second-order valence-electron chi connectivity index (χ2n) is 4.36. The fourth-order valence-corrected chi connectivity index (χ4v) is 2.96. The van der Waals surface area contributed by atoms with E-state index in [1.165, 1.54) is 19.9 Å². The Hall–Kier alpha value is -0.195. The Balaban J connectivity index is 2.18. The monoisotopic (exact) mass is 148 g/mol. The number of fused-ring (bicyclic) bond motifs is 1. The minimum Gasteiger partial charge on any atom is -0.0852 e. The first-order valence-electron chi connectivity index (χ1n) is 4.97. The Bertz CT molecular complexity index is 156. The van der Waals surface area contributed by atoms with Crippen molar-refractivity contribution in [2.45, 2.75) is 26.5 Å². The molecule has 0 N–H and O–H groups in total. The van der Waals surface area contributed by atoms with Gasteiger partial charge < -0.3 is 0 Å². The van der Waals surface area contributed by atoms with Crippen LogP contribution in [0.1, 0.15) is 13.8 Å². The SMILES string of the molecule is CC1C=CC(C)C2CBCC12. The van der Waals surface area contributed by atoms with Gasteiger partial charge in [-0.1, -0.05) is 38.6 Å². The summed E-state index contributed by atoms with van der Waals surface area (Å²) in [6, 6.07) is 0. The number of rotatable bonds is 0. The molecule has 1 heteroatoms. The van der Waals surface area contributed by atoms with Gasteiger partial charge in [-0.15, -0.1) is 0 Å². The van der Waals surface area contributed by atoms with E-state index in [0.29, 0.717) is 0 Å². The van der Waals surface area contributed by atoms with E-state index in [2.05, 4.69) is 26.0 Å². The van der Waals surface area contributed by atoms with Gasteiger partial charge in [0, 0.05) is 0 Å². The van der Waals surface area contributed by atoms with Crippen LogP contribution in [0.25, 0.3) is 0 Å². The molecule has 0 nitrogen and oxygen atoms in total. The van der Waals surface area contributed by atoms with Crippen molar-refractivity contribution in [2.24, 2.45) is 23.7 Å². The molecule has 0 bridgehead atoms. The van der Waals surface area contributed by atoms with Gasteiger partial charge in [-0.2, -0.15) is 0 Å². The van der Waals surface area contributed by atoms with Gasteiger partial charge in [0.05, 0.1) is 0 Å². The Kier molecular flexibility index (Phi) is 1.82. The zero-order valence-corrected chi connectivity index (χ0v) is 7.59. The summed E-state index contributed by atoms with van der Waals surface area (Å²) in [5.41, 5.74) is 0. The topological polar surface area (TPSA) is 0 Å². The van der Waals surface area contributed by atoms with Crippen LogP contribution < -0.4 is 0 Å². The van der Waals surface area contributed by atoms with Crippen molar-refractivity contribution in [3.63, 3.8) is 0 Å². The lowest BCUT2D eigenvalue weighted by atomic mass is 9.74. The van der Waals surface area contributed by atoms with Crippen molar-refractivity contribution in [1.29, 1.82) is 0 Å². The molecule has 60 valence electrons. The maximum absolute atomic E-state index is 2.43. The molecule has 1 heterocycles. The molecule has 1 aliphatic carbocycles. The molecule has 0 aromatic heterocycles. The predicted molar refractivity (Wildman–Crippen MR) is 51.2 cm³/mol. The molecular weight excluding hydrogens is 131 g/mol. The Morgan fingerprint density at radius 3 is 1.91 bits per heavy atom. The lowest BCUT2D eigenvalue weighted by Gasteiger charge is -2.32. The molecule has 0 spiro atoms. The van der Waals surface area contributed by atoms with E-state index in [9.17, 15) is 0 Å². The van der Waals surface area contributed by atoms with E-state index >= 15 is 0 Å². The minimum atomic E-state index is 0.860. The van der Waals surface area contributed by atoms with Crippen LogP contribution in [-0.4, -0.2) is 7.28 Å². The smallest absolute Gasteiger partial charge is 0.0852 e. The summed E-state index contributed by atoms with van der Waals surface area (Å²) >= 11 is 0. The van der Waals surface area contributed by atoms with Gasteiger partial charge in [-0.25, -0.2) is 0 Å². The van der Waals surface area contributed by atoms with E-state index in [4.69, 9.17) is 0 Å². The highest BCUT2D eigenvalue weighted by molar-refractivity contribution is 6.36. The maximum atomic E-state index is 2.43. The zero-order chi connectivity index (χ0) is 7.84. The van der Waals surface area contributed by atoms with Gasteiger partial charge in [-0.3, -0.25) is 0 Å². The number of hydrogen-bond acceptors (Lipinski definition) is 0. The van der Waals surface area contributed by atoms with Gasteiger partial charge in [-0.05, 0) is 23.7 Å². The molecule has 1 saturated heterocycles. The van der Waals surface area contributed by atoms with Crippen molar-refractivity contribution < 1.29 is 0 Å². The molecule has 1 aliphatic heterocycles. The Morgan fingerprint density at radius 1 is 1.00 bits per heavy atom.